The van der Waals surface area contributed by atoms with Crippen molar-refractivity contribution in [3.05, 3.63) is 23.8 Å². The van der Waals surface area contributed by atoms with Crippen molar-refractivity contribution in [2.24, 2.45) is 0 Å². The van der Waals surface area contributed by atoms with Crippen LogP contribution in [0.15, 0.2) is 18.2 Å². The van der Waals surface area contributed by atoms with Crippen molar-refractivity contribution >= 4 is 11.9 Å². The topological polar surface area (TPSA) is 118 Å². The number of carboxylic acids is 1. The Morgan fingerprint density at radius 2 is 1.95 bits per heavy atom. The zero-order valence-electron chi connectivity index (χ0n) is 9.85. The number of aromatic hydroxyl groups is 2. The molecule has 0 unspecified atom stereocenters. The van der Waals surface area contributed by atoms with Crippen LogP contribution in [0, 0.1) is 0 Å². The third-order valence-corrected chi connectivity index (χ3v) is 3.04. The normalized spacial score (nSPS) is 22.5. The van der Waals surface area contributed by atoms with Crippen molar-refractivity contribution in [2.75, 3.05) is 6.54 Å². The number of carboxylic acid groups (broad SMARTS) is 1. The SMILES string of the molecule is O=C(O)[C@H]1C[C@@H](O)CN1C(=O)c1cc(O)ccc1O. The van der Waals surface area contributed by atoms with Crippen LogP contribution in [-0.4, -0.2) is 55.9 Å². The highest BCUT2D eigenvalue weighted by molar-refractivity contribution is 5.99. The number of aliphatic carboxylic acids is 1. The van der Waals surface area contributed by atoms with Crippen molar-refractivity contribution in [3.63, 3.8) is 0 Å². The summed E-state index contributed by atoms with van der Waals surface area (Å²) in [4.78, 5) is 24.2. The molecule has 0 aliphatic carbocycles. The monoisotopic (exact) mass is 267 g/mol. The first-order valence-electron chi connectivity index (χ1n) is 5.64. The molecule has 2 rings (SSSR count). The third-order valence-electron chi connectivity index (χ3n) is 3.04. The first-order valence-corrected chi connectivity index (χ1v) is 5.64. The van der Waals surface area contributed by atoms with Crippen LogP contribution in [-0.2, 0) is 4.79 Å². The van der Waals surface area contributed by atoms with Crippen molar-refractivity contribution in [1.82, 2.24) is 4.90 Å². The van der Waals surface area contributed by atoms with Crippen LogP contribution in [0.5, 0.6) is 11.5 Å². The van der Waals surface area contributed by atoms with Gasteiger partial charge >= 0.3 is 5.97 Å². The predicted molar refractivity (Wildman–Crippen MR) is 62.9 cm³/mol. The van der Waals surface area contributed by atoms with E-state index in [9.17, 15) is 24.9 Å². The first kappa shape index (κ1) is 13.2. The van der Waals surface area contributed by atoms with E-state index in [1.807, 2.05) is 0 Å². The molecule has 4 N–H and O–H groups in total. The minimum Gasteiger partial charge on any atom is -0.508 e. The minimum absolute atomic E-state index is 0.0549. The Morgan fingerprint density at radius 1 is 1.26 bits per heavy atom. The average Bonchev–Trinajstić information content (AvgIpc) is 2.74. The summed E-state index contributed by atoms with van der Waals surface area (Å²) in [6, 6.07) is 2.27. The number of hydrogen-bond donors (Lipinski definition) is 4. The van der Waals surface area contributed by atoms with Crippen LogP contribution in [0.3, 0.4) is 0 Å². The van der Waals surface area contributed by atoms with Crippen molar-refractivity contribution in [2.45, 2.75) is 18.6 Å². The summed E-state index contributed by atoms with van der Waals surface area (Å²) < 4.78 is 0. The van der Waals surface area contributed by atoms with Gasteiger partial charge in [-0.25, -0.2) is 4.79 Å². The highest BCUT2D eigenvalue weighted by Crippen LogP contribution is 2.27. The summed E-state index contributed by atoms with van der Waals surface area (Å²) in [5.41, 5.74) is -0.194. The maximum atomic E-state index is 12.2. The number of aliphatic hydroxyl groups is 1. The summed E-state index contributed by atoms with van der Waals surface area (Å²) in [5.74, 6) is -2.53. The molecule has 1 aromatic rings. The smallest absolute Gasteiger partial charge is 0.326 e. The Morgan fingerprint density at radius 3 is 2.58 bits per heavy atom. The van der Waals surface area contributed by atoms with Crippen molar-refractivity contribution in [3.8, 4) is 11.5 Å². The van der Waals surface area contributed by atoms with E-state index in [0.29, 0.717) is 0 Å². The van der Waals surface area contributed by atoms with Gasteiger partial charge in [0, 0.05) is 13.0 Å². The van der Waals surface area contributed by atoms with Gasteiger partial charge in [-0.2, -0.15) is 0 Å². The van der Waals surface area contributed by atoms with E-state index in [-0.39, 0.29) is 30.0 Å². The van der Waals surface area contributed by atoms with Gasteiger partial charge in [0.1, 0.15) is 17.5 Å². The van der Waals surface area contributed by atoms with Gasteiger partial charge in [-0.15, -0.1) is 0 Å². The lowest BCUT2D eigenvalue weighted by atomic mass is 10.1. The molecule has 1 amide bonds. The number of likely N-dealkylation sites (tertiary alicyclic amines) is 1. The van der Waals surface area contributed by atoms with Crippen molar-refractivity contribution < 1.29 is 30.0 Å². The van der Waals surface area contributed by atoms with Gasteiger partial charge in [-0.1, -0.05) is 0 Å². The Balaban J connectivity index is 2.33. The fraction of sp³-hybridized carbons (Fsp3) is 0.333. The van der Waals surface area contributed by atoms with Crippen LogP contribution >= 0.6 is 0 Å². The molecule has 1 fully saturated rings. The molecule has 0 radical (unpaired) electrons. The number of aliphatic hydroxyl groups excluding tert-OH is 1. The summed E-state index contributed by atoms with van der Waals surface area (Å²) in [7, 11) is 0. The molecule has 7 heteroatoms. The Bertz CT molecular complexity index is 529. The van der Waals surface area contributed by atoms with Gasteiger partial charge in [0.25, 0.3) is 5.91 Å². The fourth-order valence-electron chi connectivity index (χ4n) is 2.12. The zero-order valence-corrected chi connectivity index (χ0v) is 9.85. The van der Waals surface area contributed by atoms with Gasteiger partial charge in [-0.05, 0) is 18.2 Å². The van der Waals surface area contributed by atoms with Gasteiger partial charge < -0.3 is 25.3 Å². The molecule has 19 heavy (non-hydrogen) atoms. The first-order chi connectivity index (χ1) is 8.90. The van der Waals surface area contributed by atoms with Crippen LogP contribution in [0.1, 0.15) is 16.8 Å². The van der Waals surface area contributed by atoms with E-state index >= 15 is 0 Å². The maximum Gasteiger partial charge on any atom is 0.326 e. The third kappa shape index (κ3) is 2.45. The number of phenolic OH excluding ortho intramolecular Hbond substituents is 2. The van der Waals surface area contributed by atoms with E-state index in [1.165, 1.54) is 6.07 Å². The quantitative estimate of drug-likeness (QED) is 0.549. The predicted octanol–water partition coefficient (Wildman–Crippen LogP) is -0.242. The van der Waals surface area contributed by atoms with E-state index in [4.69, 9.17) is 5.11 Å². The highest BCUT2D eigenvalue weighted by Gasteiger charge is 2.39. The molecular formula is C12H13NO6. The van der Waals surface area contributed by atoms with Crippen LogP contribution < -0.4 is 0 Å². The molecule has 0 bridgehead atoms. The number of phenols is 2. The Hall–Kier alpha value is -2.28. The molecule has 0 saturated carbocycles. The lowest BCUT2D eigenvalue weighted by molar-refractivity contribution is -0.141. The number of β-amino-alcohol motifs (C(OH)–C–C–N with tert-alkyl or cyclic N) is 1. The maximum absolute atomic E-state index is 12.2. The van der Waals surface area contributed by atoms with Crippen LogP contribution in [0.4, 0.5) is 0 Å². The van der Waals surface area contributed by atoms with Gasteiger partial charge in [0.2, 0.25) is 0 Å². The summed E-state index contributed by atoms with van der Waals surface area (Å²) in [6.45, 7) is -0.120. The number of carbonyl (C=O) groups excluding carboxylic acids is 1. The standard InChI is InChI=1S/C12H13NO6/c14-6-1-2-10(16)8(3-6)11(17)13-5-7(15)4-9(13)12(18)19/h1-3,7,9,14-16H,4-5H2,(H,18,19)/t7-,9-/m1/s1. The highest BCUT2D eigenvalue weighted by atomic mass is 16.4. The molecular weight excluding hydrogens is 254 g/mol. The molecule has 1 aromatic carbocycles. The molecule has 7 nitrogen and oxygen atoms in total. The summed E-state index contributed by atoms with van der Waals surface area (Å²) in [6.07, 6.45) is -0.967. The lowest BCUT2D eigenvalue weighted by Crippen LogP contribution is -2.40. The molecule has 1 saturated heterocycles. The van der Waals surface area contributed by atoms with Crippen LogP contribution in [0.25, 0.3) is 0 Å². The second-order valence-corrected chi connectivity index (χ2v) is 4.40. The molecule has 1 heterocycles. The number of benzene rings is 1. The molecule has 1 aliphatic heterocycles. The van der Waals surface area contributed by atoms with E-state index in [0.717, 1.165) is 17.0 Å². The molecule has 2 atom stereocenters. The van der Waals surface area contributed by atoms with Gasteiger partial charge in [0.15, 0.2) is 0 Å². The molecule has 0 spiro atoms. The largest absolute Gasteiger partial charge is 0.508 e. The number of amides is 1. The fourth-order valence-corrected chi connectivity index (χ4v) is 2.12. The summed E-state index contributed by atoms with van der Waals surface area (Å²) >= 11 is 0. The number of carbonyl (C=O) groups is 2. The minimum atomic E-state index is -1.22. The lowest BCUT2D eigenvalue weighted by Gasteiger charge is -2.21. The van der Waals surface area contributed by atoms with Crippen LogP contribution in [0.2, 0.25) is 0 Å². The zero-order chi connectivity index (χ0) is 14.2. The Labute approximate surface area is 108 Å². The van der Waals surface area contributed by atoms with E-state index in [2.05, 4.69) is 0 Å². The number of rotatable bonds is 2. The molecule has 1 aliphatic rings. The van der Waals surface area contributed by atoms with Gasteiger partial charge in [0.05, 0.1) is 11.7 Å². The number of nitrogens with zero attached hydrogens (tertiary/aromatic N) is 1. The molecule has 102 valence electrons. The van der Waals surface area contributed by atoms with Crippen molar-refractivity contribution in [1.29, 1.82) is 0 Å². The second kappa shape index (κ2) is 4.77. The summed E-state index contributed by atoms with van der Waals surface area (Å²) in [5, 5.41) is 37.4. The van der Waals surface area contributed by atoms with Gasteiger partial charge in [-0.3, -0.25) is 4.79 Å². The Kier molecular flexibility index (Phi) is 3.30. The number of hydrogen-bond acceptors (Lipinski definition) is 5. The average molecular weight is 267 g/mol. The van der Waals surface area contributed by atoms with E-state index < -0.39 is 24.0 Å². The molecule has 0 aromatic heterocycles. The van der Waals surface area contributed by atoms with E-state index in [1.54, 1.807) is 0 Å². The second-order valence-electron chi connectivity index (χ2n) is 4.40.